The van der Waals surface area contributed by atoms with Crippen LogP contribution < -0.4 is 37.2 Å². The standard InChI is InChI=1S/C27H60NO3Si.C26H58NO3Si.C9H24NO3Si.3ClH/c1-7-9-11-13-15-17-19-21-24-28(3,25-22-20-18-16-14-12-10-8-2)26-23-27-32(29-4,30-5)31-6;1-7-8-9-10-11-12-13-14-15-16-17-18-19-20-21-22-24-27(2,3)25-23-26-31(28-4,29-5)30-6;1-7-8-9-10(2,3)14(11-4,12-5)13-6;;;/h7-27H2,1-6H3;7-26H2,1-6H3;7-9H2,1-6H3;3*1H/q3*+1;;;/p-3. The molecule has 0 radical (unpaired) electrons. The van der Waals surface area contributed by atoms with E-state index in [0.717, 1.165) is 48.9 Å². The van der Waals surface area contributed by atoms with Gasteiger partial charge in [0.2, 0.25) is 0 Å². The first-order valence-electron chi connectivity index (χ1n) is 32.4. The van der Waals surface area contributed by atoms with Gasteiger partial charge in [-0.2, -0.15) is 0 Å². The van der Waals surface area contributed by atoms with Gasteiger partial charge in [-0.3, -0.25) is 0 Å². The van der Waals surface area contributed by atoms with Gasteiger partial charge in [0.15, 0.2) is 0 Å². The zero-order valence-electron chi connectivity index (χ0n) is 56.8. The summed E-state index contributed by atoms with van der Waals surface area (Å²) in [7, 11) is 19.3. The number of hydrogen-bond donors (Lipinski definition) is 0. The fraction of sp³-hybridized carbons (Fsp3) is 1.00. The maximum absolute atomic E-state index is 5.65. The van der Waals surface area contributed by atoms with E-state index in [4.69, 9.17) is 39.8 Å². The highest BCUT2D eigenvalue weighted by Crippen LogP contribution is 2.23. The molecule has 0 bridgehead atoms. The second kappa shape index (κ2) is 61.7. The number of halogens is 3. The fourth-order valence-corrected chi connectivity index (χ4v) is 16.8. The van der Waals surface area contributed by atoms with Gasteiger partial charge in [-0.1, -0.05) is 201 Å². The molecule has 0 amide bonds. The Kier molecular flexibility index (Phi) is 71.1. The van der Waals surface area contributed by atoms with Crippen LogP contribution >= 0.6 is 0 Å². The molecule has 0 atom stereocenters. The minimum atomic E-state index is -2.54. The van der Waals surface area contributed by atoms with Gasteiger partial charge in [-0.05, 0) is 44.9 Å². The van der Waals surface area contributed by atoms with Crippen molar-refractivity contribution in [2.45, 2.75) is 271 Å². The lowest BCUT2D eigenvalue weighted by Gasteiger charge is -2.39. The maximum Gasteiger partial charge on any atom is 0.783 e. The summed E-state index contributed by atoms with van der Waals surface area (Å²) in [5.74, 6) is 0. The van der Waals surface area contributed by atoms with Crippen molar-refractivity contribution < 1.29 is 90.2 Å². The molecule has 0 spiro atoms. The van der Waals surface area contributed by atoms with Gasteiger partial charge in [0.25, 0.3) is 0 Å². The molecule has 0 aliphatic rings. The molecule has 0 aliphatic carbocycles. The summed E-state index contributed by atoms with van der Waals surface area (Å²) >= 11 is 0. The van der Waals surface area contributed by atoms with Crippen molar-refractivity contribution in [1.82, 2.24) is 0 Å². The largest absolute Gasteiger partial charge is 1.00 e. The number of hydrogen-bond acceptors (Lipinski definition) is 9. The number of rotatable bonds is 56. The van der Waals surface area contributed by atoms with Gasteiger partial charge in [0.1, 0.15) is 0 Å². The molecule has 0 fully saturated rings. The second-order valence-electron chi connectivity index (χ2n) is 24.1. The van der Waals surface area contributed by atoms with E-state index >= 15 is 0 Å². The second-order valence-corrected chi connectivity index (χ2v) is 33.8. The number of unbranched alkanes of at least 4 members (excludes halogenated alkanes) is 30. The van der Waals surface area contributed by atoms with E-state index < -0.39 is 26.6 Å². The van der Waals surface area contributed by atoms with Crippen LogP contribution in [0.3, 0.4) is 0 Å². The van der Waals surface area contributed by atoms with E-state index in [1.165, 1.54) is 243 Å². The van der Waals surface area contributed by atoms with Gasteiger partial charge in [-0.25, -0.2) is 0 Å². The summed E-state index contributed by atoms with van der Waals surface area (Å²) in [6.45, 7) is 16.3. The lowest BCUT2D eigenvalue weighted by molar-refractivity contribution is -0.910. The average molecular weight is 1260 g/mol. The molecule has 492 valence electrons. The third-order valence-corrected chi connectivity index (χ3v) is 25.5. The molecule has 0 aromatic heterocycles. The summed E-state index contributed by atoms with van der Waals surface area (Å²) < 4.78 is 52.9. The van der Waals surface area contributed by atoms with Gasteiger partial charge in [-0.15, -0.1) is 0 Å². The predicted molar refractivity (Wildman–Crippen MR) is 338 cm³/mol. The van der Waals surface area contributed by atoms with Crippen molar-refractivity contribution >= 4 is 26.6 Å². The SMILES string of the molecule is CCCCCCCCCCCCCCCCCC[N+](C)(C)CCC[Si](OC)(OC)OC.CCCCCCCCCC[N+](C)(CCCCCCCCCC)CCC[Si](OC)(OC)OC.CCCC[N+](C)(C)[Si](OC)(OC)OC.[Cl-].[Cl-].[Cl-]. The van der Waals surface area contributed by atoms with Crippen LogP contribution in [0.4, 0.5) is 0 Å². The molecule has 0 heterocycles. The van der Waals surface area contributed by atoms with Crippen LogP contribution in [0.2, 0.25) is 12.1 Å². The molecular weight excluding hydrogens is 1120 g/mol. The highest BCUT2D eigenvalue weighted by atomic mass is 35.5. The van der Waals surface area contributed by atoms with Crippen LogP contribution in [0.15, 0.2) is 0 Å². The van der Waals surface area contributed by atoms with Gasteiger partial charge in [0.05, 0.1) is 74.5 Å². The Bertz CT molecular complexity index is 1170. The van der Waals surface area contributed by atoms with Gasteiger partial charge in [0, 0.05) is 88.9 Å². The molecule has 80 heavy (non-hydrogen) atoms. The van der Waals surface area contributed by atoms with Crippen molar-refractivity contribution in [2.75, 3.05) is 138 Å². The number of quaternary nitrogens is 3. The molecule has 12 nitrogen and oxygen atoms in total. The molecule has 0 unspecified atom stereocenters. The van der Waals surface area contributed by atoms with E-state index in [9.17, 15) is 0 Å². The van der Waals surface area contributed by atoms with Crippen LogP contribution in [0, 0.1) is 0 Å². The Morgan fingerprint density at radius 3 is 0.700 bits per heavy atom. The summed E-state index contributed by atoms with van der Waals surface area (Å²) in [4.78, 5) is 0. The van der Waals surface area contributed by atoms with E-state index in [0.29, 0.717) is 4.15 Å². The average Bonchev–Trinajstić information content (AvgIpc) is 3.43. The molecular formula is C62H142Cl3N3O9Si3. The summed E-state index contributed by atoms with van der Waals surface area (Å²) in [5.41, 5.74) is 0. The Hall–Kier alpha value is 1.04. The van der Waals surface area contributed by atoms with Crippen molar-refractivity contribution in [1.29, 1.82) is 0 Å². The topological polar surface area (TPSA) is 83.1 Å². The van der Waals surface area contributed by atoms with Crippen LogP contribution in [-0.4, -0.2) is 178 Å². The van der Waals surface area contributed by atoms with Gasteiger partial charge < -0.3 is 90.2 Å². The normalized spacial score (nSPS) is 12.2. The molecule has 0 N–H and O–H groups in total. The zero-order chi connectivity index (χ0) is 58.5. The quantitative estimate of drug-likeness (QED) is 0.0344. The van der Waals surface area contributed by atoms with E-state index in [1.807, 2.05) is 0 Å². The summed E-state index contributed by atoms with van der Waals surface area (Å²) in [5, 5.41) is 0. The minimum Gasteiger partial charge on any atom is -1.00 e. The molecule has 0 aromatic rings. The van der Waals surface area contributed by atoms with Crippen LogP contribution in [0.1, 0.15) is 259 Å². The fourth-order valence-electron chi connectivity index (χ4n) is 11.0. The molecule has 0 rings (SSSR count). The molecule has 0 aliphatic heterocycles. The minimum absolute atomic E-state index is 0. The first kappa shape index (κ1) is 92.2. The van der Waals surface area contributed by atoms with Crippen LogP contribution in [0.5, 0.6) is 0 Å². The van der Waals surface area contributed by atoms with Crippen molar-refractivity contribution in [3.63, 3.8) is 0 Å². The smallest absolute Gasteiger partial charge is 0.783 e. The van der Waals surface area contributed by atoms with E-state index in [2.05, 4.69) is 62.9 Å². The third-order valence-electron chi connectivity index (χ3n) is 16.6. The molecule has 0 saturated heterocycles. The Balaban J connectivity index is -0.000000269. The molecule has 18 heteroatoms. The maximum atomic E-state index is 5.65. The van der Waals surface area contributed by atoms with Crippen LogP contribution in [0.25, 0.3) is 0 Å². The highest BCUT2D eigenvalue weighted by molar-refractivity contribution is 6.60. The van der Waals surface area contributed by atoms with Crippen molar-refractivity contribution in [3.8, 4) is 0 Å². The summed E-state index contributed by atoms with van der Waals surface area (Å²) in [6.07, 6.45) is 49.8. The number of nitrogens with zero attached hydrogens (tertiary/aromatic N) is 3. The van der Waals surface area contributed by atoms with Gasteiger partial charge >= 0.3 is 26.6 Å². The predicted octanol–water partition coefficient (Wildman–Crippen LogP) is 7.82. The first-order valence-corrected chi connectivity index (χ1v) is 37.9. The summed E-state index contributed by atoms with van der Waals surface area (Å²) in [6, 6.07) is 1.82. The zero-order valence-corrected chi connectivity index (χ0v) is 62.0. The van der Waals surface area contributed by atoms with Crippen molar-refractivity contribution in [3.05, 3.63) is 0 Å². The first-order chi connectivity index (χ1) is 37.0. The molecule has 0 aromatic carbocycles. The lowest BCUT2D eigenvalue weighted by atomic mass is 10.0. The third kappa shape index (κ3) is 49.1. The lowest BCUT2D eigenvalue weighted by Crippen LogP contribution is -3.00. The Morgan fingerprint density at radius 2 is 0.450 bits per heavy atom. The van der Waals surface area contributed by atoms with E-state index in [1.54, 1.807) is 64.0 Å². The highest BCUT2D eigenvalue weighted by Gasteiger charge is 2.59. The Morgan fingerprint density at radius 1 is 0.237 bits per heavy atom. The van der Waals surface area contributed by atoms with Crippen molar-refractivity contribution in [2.24, 2.45) is 0 Å². The monoisotopic (exact) mass is 1260 g/mol. The van der Waals surface area contributed by atoms with Crippen LogP contribution in [-0.2, 0) is 39.8 Å². The Labute approximate surface area is 523 Å². The molecule has 0 saturated carbocycles. The van der Waals surface area contributed by atoms with E-state index in [-0.39, 0.29) is 37.2 Å².